The second-order valence-electron chi connectivity index (χ2n) is 6.38. The first-order valence-electron chi connectivity index (χ1n) is 8.77. The number of carbonyl (C=O) groups is 2. The molecular formula is C18H26N2O6S. The number of carbonyl (C=O) groups excluding carboxylic acids is 2. The molecule has 1 aromatic carbocycles. The van der Waals surface area contributed by atoms with Gasteiger partial charge in [0.2, 0.25) is 11.8 Å². The fraction of sp³-hybridized carbons (Fsp3) is 0.556. The predicted octanol–water partition coefficient (Wildman–Crippen LogP) is 0.398. The number of sulfone groups is 1. The van der Waals surface area contributed by atoms with Crippen molar-refractivity contribution in [3.05, 3.63) is 23.8 Å². The molecule has 0 spiro atoms. The van der Waals surface area contributed by atoms with E-state index >= 15 is 0 Å². The van der Waals surface area contributed by atoms with Crippen molar-refractivity contribution in [1.29, 1.82) is 0 Å². The van der Waals surface area contributed by atoms with Gasteiger partial charge in [-0.3, -0.25) is 9.59 Å². The Morgan fingerprint density at radius 1 is 1.22 bits per heavy atom. The van der Waals surface area contributed by atoms with E-state index in [-0.39, 0.29) is 42.3 Å². The highest BCUT2D eigenvalue weighted by Crippen LogP contribution is 2.27. The summed E-state index contributed by atoms with van der Waals surface area (Å²) in [5.74, 6) is 0.616. The van der Waals surface area contributed by atoms with E-state index in [0.717, 1.165) is 5.56 Å². The average molecular weight is 398 g/mol. The first kappa shape index (κ1) is 21.0. The van der Waals surface area contributed by atoms with E-state index in [1.165, 1.54) is 19.1 Å². The number of nitrogens with one attached hydrogen (secondary N) is 1. The van der Waals surface area contributed by atoms with Gasteiger partial charge in [-0.05, 0) is 31.0 Å². The van der Waals surface area contributed by atoms with Gasteiger partial charge in [-0.15, -0.1) is 0 Å². The van der Waals surface area contributed by atoms with E-state index in [9.17, 15) is 18.0 Å². The van der Waals surface area contributed by atoms with Gasteiger partial charge in [-0.2, -0.15) is 0 Å². The van der Waals surface area contributed by atoms with Gasteiger partial charge in [0.15, 0.2) is 21.3 Å². The van der Waals surface area contributed by atoms with Crippen molar-refractivity contribution in [2.75, 3.05) is 38.8 Å². The zero-order chi connectivity index (χ0) is 20.0. The number of nitrogens with zero attached hydrogens (tertiary/aromatic N) is 1. The average Bonchev–Trinajstić information content (AvgIpc) is 3.00. The fourth-order valence-corrected chi connectivity index (χ4v) is 4.90. The Labute approximate surface area is 159 Å². The summed E-state index contributed by atoms with van der Waals surface area (Å²) < 4.78 is 33.6. The van der Waals surface area contributed by atoms with Crippen LogP contribution in [0.15, 0.2) is 18.2 Å². The van der Waals surface area contributed by atoms with Crippen LogP contribution in [0.5, 0.6) is 11.5 Å². The molecule has 1 aliphatic rings. The Hall–Kier alpha value is -2.29. The molecule has 8 nitrogen and oxygen atoms in total. The molecule has 27 heavy (non-hydrogen) atoms. The van der Waals surface area contributed by atoms with Crippen molar-refractivity contribution < 1.29 is 27.5 Å². The molecule has 1 aromatic rings. The van der Waals surface area contributed by atoms with Gasteiger partial charge in [0.05, 0.1) is 38.7 Å². The Kier molecular flexibility index (Phi) is 7.06. The van der Waals surface area contributed by atoms with Crippen LogP contribution in [0.1, 0.15) is 18.9 Å². The third-order valence-electron chi connectivity index (χ3n) is 4.56. The molecule has 9 heteroatoms. The van der Waals surface area contributed by atoms with Crippen LogP contribution in [0.2, 0.25) is 0 Å². The van der Waals surface area contributed by atoms with Crippen LogP contribution >= 0.6 is 0 Å². The van der Waals surface area contributed by atoms with Crippen LogP contribution in [0, 0.1) is 0 Å². The first-order chi connectivity index (χ1) is 12.8. The van der Waals surface area contributed by atoms with E-state index in [1.54, 1.807) is 25.1 Å². The Balaban J connectivity index is 1.90. The predicted molar refractivity (Wildman–Crippen MR) is 101 cm³/mol. The van der Waals surface area contributed by atoms with E-state index in [0.29, 0.717) is 24.5 Å². The van der Waals surface area contributed by atoms with Crippen LogP contribution in [0.25, 0.3) is 0 Å². The Bertz CT molecular complexity index is 793. The van der Waals surface area contributed by atoms with Crippen LogP contribution in [-0.4, -0.2) is 70.0 Å². The number of hydrogen-bond donors (Lipinski definition) is 1. The van der Waals surface area contributed by atoms with E-state index in [4.69, 9.17) is 9.47 Å². The summed E-state index contributed by atoms with van der Waals surface area (Å²) in [6, 6.07) is 4.87. The Morgan fingerprint density at radius 3 is 2.48 bits per heavy atom. The summed E-state index contributed by atoms with van der Waals surface area (Å²) >= 11 is 0. The van der Waals surface area contributed by atoms with Crippen LogP contribution in [0.4, 0.5) is 0 Å². The lowest BCUT2D eigenvalue weighted by molar-refractivity contribution is -0.134. The summed E-state index contributed by atoms with van der Waals surface area (Å²) in [6.07, 6.45) is 0.541. The molecule has 2 rings (SSSR count). The van der Waals surface area contributed by atoms with E-state index < -0.39 is 9.84 Å². The smallest absolute Gasteiger partial charge is 0.242 e. The molecule has 0 aromatic heterocycles. The van der Waals surface area contributed by atoms with Gasteiger partial charge < -0.3 is 19.7 Å². The third-order valence-corrected chi connectivity index (χ3v) is 6.31. The highest BCUT2D eigenvalue weighted by Gasteiger charge is 2.33. The maximum Gasteiger partial charge on any atom is 0.242 e. The molecule has 0 aliphatic carbocycles. The molecule has 1 atom stereocenters. The van der Waals surface area contributed by atoms with Gasteiger partial charge in [-0.1, -0.05) is 6.07 Å². The highest BCUT2D eigenvalue weighted by atomic mass is 32.2. The van der Waals surface area contributed by atoms with Crippen molar-refractivity contribution in [3.8, 4) is 11.5 Å². The van der Waals surface area contributed by atoms with Crippen molar-refractivity contribution >= 4 is 21.7 Å². The number of hydrogen-bond acceptors (Lipinski definition) is 6. The van der Waals surface area contributed by atoms with Gasteiger partial charge in [0.1, 0.15) is 0 Å². The molecule has 1 aliphatic heterocycles. The molecule has 1 heterocycles. The van der Waals surface area contributed by atoms with Crippen LogP contribution < -0.4 is 14.8 Å². The van der Waals surface area contributed by atoms with Gasteiger partial charge in [0, 0.05) is 12.6 Å². The van der Waals surface area contributed by atoms with Crippen LogP contribution in [0.3, 0.4) is 0 Å². The molecule has 0 bridgehead atoms. The summed E-state index contributed by atoms with van der Waals surface area (Å²) in [5, 5.41) is 2.60. The number of methoxy groups -OCH3 is 2. The zero-order valence-corrected chi connectivity index (χ0v) is 16.7. The van der Waals surface area contributed by atoms with Gasteiger partial charge in [0.25, 0.3) is 0 Å². The number of benzene rings is 1. The van der Waals surface area contributed by atoms with Gasteiger partial charge in [-0.25, -0.2) is 8.42 Å². The molecule has 150 valence electrons. The number of rotatable bonds is 8. The van der Waals surface area contributed by atoms with E-state index in [1.807, 2.05) is 0 Å². The third kappa shape index (κ3) is 5.59. The van der Waals surface area contributed by atoms with Crippen LogP contribution in [-0.2, 0) is 25.8 Å². The molecular weight excluding hydrogens is 372 g/mol. The van der Waals surface area contributed by atoms with Gasteiger partial charge >= 0.3 is 0 Å². The summed E-state index contributed by atoms with van der Waals surface area (Å²) in [7, 11) is -0.0224. The van der Waals surface area contributed by atoms with Crippen molar-refractivity contribution in [3.63, 3.8) is 0 Å². The Morgan fingerprint density at radius 2 is 1.93 bits per heavy atom. The normalized spacial score (nSPS) is 18.0. The summed E-state index contributed by atoms with van der Waals surface area (Å²) in [6.45, 7) is 2.05. The second-order valence-corrected chi connectivity index (χ2v) is 8.61. The quantitative estimate of drug-likeness (QED) is 0.680. The molecule has 0 radical (unpaired) electrons. The van der Waals surface area contributed by atoms with E-state index in [2.05, 4.69) is 5.32 Å². The number of ether oxygens (including phenoxy) is 2. The topological polar surface area (TPSA) is 102 Å². The molecule has 1 fully saturated rings. The number of likely N-dealkylation sites (N-methyl/N-ethyl adjacent to an activating group) is 1. The largest absolute Gasteiger partial charge is 0.493 e. The standard InChI is InChI=1S/C18H26N2O6S/c1-4-20(14-7-8-27(23,24)12-14)18(22)11-19-17(21)10-13-5-6-15(25-2)16(9-13)26-3/h5-6,9,14H,4,7-8,10-12H2,1-3H3,(H,19,21). The molecule has 1 saturated heterocycles. The fourth-order valence-electron chi connectivity index (χ4n) is 3.17. The minimum absolute atomic E-state index is 0.00777. The van der Waals surface area contributed by atoms with Crippen molar-refractivity contribution in [2.45, 2.75) is 25.8 Å². The monoisotopic (exact) mass is 398 g/mol. The second kappa shape index (κ2) is 9.07. The molecule has 1 unspecified atom stereocenters. The summed E-state index contributed by atoms with van der Waals surface area (Å²) in [4.78, 5) is 26.1. The lowest BCUT2D eigenvalue weighted by Crippen LogP contribution is -2.46. The SMILES string of the molecule is CCN(C(=O)CNC(=O)Cc1ccc(OC)c(OC)c1)C1CCS(=O)(=O)C1. The lowest BCUT2D eigenvalue weighted by Gasteiger charge is -2.27. The first-order valence-corrected chi connectivity index (χ1v) is 10.6. The summed E-state index contributed by atoms with van der Waals surface area (Å²) in [5.41, 5.74) is 0.729. The maximum absolute atomic E-state index is 12.4. The zero-order valence-electron chi connectivity index (χ0n) is 15.9. The highest BCUT2D eigenvalue weighted by molar-refractivity contribution is 7.91. The molecule has 0 saturated carbocycles. The maximum atomic E-state index is 12.4. The van der Waals surface area contributed by atoms with Crippen molar-refractivity contribution in [1.82, 2.24) is 10.2 Å². The number of amides is 2. The minimum atomic E-state index is -3.07. The molecule has 1 N–H and O–H groups in total. The lowest BCUT2D eigenvalue weighted by atomic mass is 10.1. The molecule has 2 amide bonds. The van der Waals surface area contributed by atoms with Crippen molar-refractivity contribution in [2.24, 2.45) is 0 Å². The minimum Gasteiger partial charge on any atom is -0.493 e.